The van der Waals surface area contributed by atoms with Gasteiger partial charge in [0.1, 0.15) is 6.61 Å². The molecule has 0 aliphatic heterocycles. The first-order valence-corrected chi connectivity index (χ1v) is 9.41. The Morgan fingerprint density at radius 3 is 2.11 bits per heavy atom. The molecule has 0 radical (unpaired) electrons. The van der Waals surface area contributed by atoms with Gasteiger partial charge in [0.2, 0.25) is 5.88 Å². The van der Waals surface area contributed by atoms with E-state index in [9.17, 15) is 0 Å². The fourth-order valence-electron chi connectivity index (χ4n) is 3.05. The predicted molar refractivity (Wildman–Crippen MR) is 114 cm³/mol. The highest BCUT2D eigenvalue weighted by Gasteiger charge is 2.11. The molecule has 0 unspecified atom stereocenters. The van der Waals surface area contributed by atoms with Crippen LogP contribution >= 0.6 is 0 Å². The number of hydrogen-bond acceptors (Lipinski definition) is 4. The van der Waals surface area contributed by atoms with Crippen molar-refractivity contribution >= 4 is 10.9 Å². The van der Waals surface area contributed by atoms with Crippen LogP contribution in [0.3, 0.4) is 0 Å². The third-order valence-corrected chi connectivity index (χ3v) is 4.60. The topological polar surface area (TPSA) is 38.2 Å². The van der Waals surface area contributed by atoms with E-state index in [0.29, 0.717) is 18.3 Å². The molecule has 0 bridgehead atoms. The highest BCUT2D eigenvalue weighted by molar-refractivity contribution is 5.85. The number of hydrogen-bond donors (Lipinski definition) is 0. The molecular formula is C24H23N3O. The molecule has 0 spiro atoms. The Balaban J connectivity index is 1.68. The smallest absolute Gasteiger partial charge is 0.225 e. The highest BCUT2D eigenvalue weighted by atomic mass is 16.5. The maximum atomic E-state index is 5.99. The quantitative estimate of drug-likeness (QED) is 0.484. The van der Waals surface area contributed by atoms with Crippen molar-refractivity contribution < 1.29 is 4.74 Å². The number of aromatic nitrogens is 2. The van der Waals surface area contributed by atoms with Crippen LogP contribution in [-0.2, 0) is 0 Å². The van der Waals surface area contributed by atoms with Crippen molar-refractivity contribution in [3.63, 3.8) is 0 Å². The van der Waals surface area contributed by atoms with Gasteiger partial charge in [-0.1, -0.05) is 66.7 Å². The second-order valence-corrected chi connectivity index (χ2v) is 6.96. The molecule has 0 atom stereocenters. The predicted octanol–water partition coefficient (Wildman–Crippen LogP) is 4.90. The third-order valence-electron chi connectivity index (χ3n) is 4.60. The van der Waals surface area contributed by atoms with E-state index in [-0.39, 0.29) is 0 Å². The molecular weight excluding hydrogens is 346 g/mol. The zero-order valence-corrected chi connectivity index (χ0v) is 16.2. The van der Waals surface area contributed by atoms with Gasteiger partial charge in [-0.25, -0.2) is 4.98 Å². The van der Waals surface area contributed by atoms with Crippen LogP contribution in [0.15, 0.2) is 78.9 Å². The Bertz CT molecular complexity index is 1060. The maximum absolute atomic E-state index is 5.99. The molecule has 140 valence electrons. The van der Waals surface area contributed by atoms with Gasteiger partial charge >= 0.3 is 0 Å². The van der Waals surface area contributed by atoms with E-state index < -0.39 is 0 Å². The van der Waals surface area contributed by atoms with Gasteiger partial charge in [0.05, 0.1) is 10.9 Å². The first kappa shape index (κ1) is 18.1. The monoisotopic (exact) mass is 369 g/mol. The molecule has 4 heteroatoms. The van der Waals surface area contributed by atoms with Gasteiger partial charge in [-0.15, -0.1) is 0 Å². The van der Waals surface area contributed by atoms with Crippen molar-refractivity contribution in [1.82, 2.24) is 14.9 Å². The Labute approximate surface area is 165 Å². The molecule has 3 aromatic carbocycles. The summed E-state index contributed by atoms with van der Waals surface area (Å²) in [6, 6.07) is 26.7. The lowest BCUT2D eigenvalue weighted by molar-refractivity contribution is 0.256. The van der Waals surface area contributed by atoms with Crippen molar-refractivity contribution in [1.29, 1.82) is 0 Å². The second kappa shape index (κ2) is 8.19. The molecule has 0 N–H and O–H groups in total. The van der Waals surface area contributed by atoms with Gasteiger partial charge in [-0.2, -0.15) is 4.98 Å². The van der Waals surface area contributed by atoms with Gasteiger partial charge in [0.15, 0.2) is 5.82 Å². The summed E-state index contributed by atoms with van der Waals surface area (Å²) in [7, 11) is 4.06. The van der Waals surface area contributed by atoms with Crippen molar-refractivity contribution in [2.45, 2.75) is 0 Å². The summed E-state index contributed by atoms with van der Waals surface area (Å²) < 4.78 is 5.99. The number of likely N-dealkylation sites (N-methyl/N-ethyl adjacent to an activating group) is 1. The number of nitrogens with zero attached hydrogens (tertiary/aromatic N) is 3. The Morgan fingerprint density at radius 2 is 1.36 bits per heavy atom. The first-order valence-electron chi connectivity index (χ1n) is 9.41. The molecule has 0 saturated carbocycles. The van der Waals surface area contributed by atoms with Gasteiger partial charge in [0.25, 0.3) is 0 Å². The van der Waals surface area contributed by atoms with Crippen LogP contribution in [-0.4, -0.2) is 42.1 Å². The zero-order valence-electron chi connectivity index (χ0n) is 16.2. The van der Waals surface area contributed by atoms with Gasteiger partial charge in [-0.3, -0.25) is 0 Å². The maximum Gasteiger partial charge on any atom is 0.225 e. The summed E-state index contributed by atoms with van der Waals surface area (Å²) in [5, 5.41) is 0.936. The highest BCUT2D eigenvalue weighted by Crippen LogP contribution is 2.28. The molecule has 1 heterocycles. The van der Waals surface area contributed by atoms with Crippen LogP contribution in [0, 0.1) is 0 Å². The fourth-order valence-corrected chi connectivity index (χ4v) is 3.05. The van der Waals surface area contributed by atoms with E-state index in [1.54, 1.807) is 0 Å². The lowest BCUT2D eigenvalue weighted by atomic mass is 10.0. The Hall–Kier alpha value is -3.24. The van der Waals surface area contributed by atoms with Gasteiger partial charge in [0, 0.05) is 12.1 Å². The number of ether oxygens (including phenoxy) is 1. The van der Waals surface area contributed by atoms with Crippen molar-refractivity contribution in [3.05, 3.63) is 78.9 Å². The molecule has 1 aromatic heterocycles. The summed E-state index contributed by atoms with van der Waals surface area (Å²) in [5.74, 6) is 1.31. The normalized spacial score (nSPS) is 11.1. The molecule has 4 aromatic rings. The molecule has 0 saturated heterocycles. The molecule has 4 rings (SSSR count). The lowest BCUT2D eigenvalue weighted by Gasteiger charge is -2.13. The van der Waals surface area contributed by atoms with E-state index in [1.807, 2.05) is 56.6 Å². The average Bonchev–Trinajstić information content (AvgIpc) is 2.74. The summed E-state index contributed by atoms with van der Waals surface area (Å²) in [6.45, 7) is 1.42. The lowest BCUT2D eigenvalue weighted by Crippen LogP contribution is -2.19. The first-order chi connectivity index (χ1) is 13.7. The van der Waals surface area contributed by atoms with E-state index >= 15 is 0 Å². The summed E-state index contributed by atoms with van der Waals surface area (Å²) in [5.41, 5.74) is 4.23. The second-order valence-electron chi connectivity index (χ2n) is 6.96. The van der Waals surface area contributed by atoms with Crippen LogP contribution < -0.4 is 4.74 Å². The van der Waals surface area contributed by atoms with E-state index in [4.69, 9.17) is 14.7 Å². The van der Waals surface area contributed by atoms with Crippen molar-refractivity contribution in [2.75, 3.05) is 27.2 Å². The molecule has 0 aliphatic rings. The van der Waals surface area contributed by atoms with Crippen LogP contribution in [0.4, 0.5) is 0 Å². The van der Waals surface area contributed by atoms with Crippen molar-refractivity contribution in [3.8, 4) is 28.4 Å². The van der Waals surface area contributed by atoms with Gasteiger partial charge in [-0.05, 0) is 37.4 Å². The van der Waals surface area contributed by atoms with E-state index in [1.165, 1.54) is 11.1 Å². The molecule has 0 amide bonds. The minimum Gasteiger partial charge on any atom is -0.476 e. The molecule has 0 aliphatic carbocycles. The number of benzene rings is 3. The van der Waals surface area contributed by atoms with Gasteiger partial charge < -0.3 is 9.64 Å². The van der Waals surface area contributed by atoms with E-state index in [2.05, 4.69) is 41.3 Å². The summed E-state index contributed by atoms with van der Waals surface area (Å²) >= 11 is 0. The minimum absolute atomic E-state index is 0.584. The molecule has 28 heavy (non-hydrogen) atoms. The fraction of sp³-hybridized carbons (Fsp3) is 0.167. The van der Waals surface area contributed by atoms with Crippen molar-refractivity contribution in [2.24, 2.45) is 0 Å². The molecule has 4 nitrogen and oxygen atoms in total. The van der Waals surface area contributed by atoms with Crippen LogP contribution in [0.1, 0.15) is 0 Å². The SMILES string of the molecule is CN(C)CCOc1nc(-c2ccc(-c3ccccc3)cc2)nc2ccccc12. The largest absolute Gasteiger partial charge is 0.476 e. The third kappa shape index (κ3) is 4.02. The number of fused-ring (bicyclic) bond motifs is 1. The zero-order chi connectivity index (χ0) is 19.3. The Kier molecular flexibility index (Phi) is 5.31. The number of para-hydroxylation sites is 1. The number of rotatable bonds is 6. The van der Waals surface area contributed by atoms with Crippen LogP contribution in [0.5, 0.6) is 5.88 Å². The van der Waals surface area contributed by atoms with E-state index in [0.717, 1.165) is 23.0 Å². The summed E-state index contributed by atoms with van der Waals surface area (Å²) in [6.07, 6.45) is 0. The molecule has 0 fully saturated rings. The summed E-state index contributed by atoms with van der Waals surface area (Å²) in [4.78, 5) is 11.6. The average molecular weight is 369 g/mol. The Morgan fingerprint density at radius 1 is 0.714 bits per heavy atom. The van der Waals surface area contributed by atoms with Crippen LogP contribution in [0.25, 0.3) is 33.4 Å². The minimum atomic E-state index is 0.584. The van der Waals surface area contributed by atoms with Crippen LogP contribution in [0.2, 0.25) is 0 Å². The standard InChI is InChI=1S/C24H23N3O/c1-27(2)16-17-28-24-21-10-6-7-11-22(21)25-23(26-24)20-14-12-19(13-15-20)18-8-4-3-5-9-18/h3-15H,16-17H2,1-2H3.